The third kappa shape index (κ3) is 4.50. The first-order chi connectivity index (χ1) is 11.6. The van der Waals surface area contributed by atoms with Crippen LogP contribution < -0.4 is 5.32 Å². The summed E-state index contributed by atoms with van der Waals surface area (Å²) in [5, 5.41) is 3.26. The minimum absolute atomic E-state index is 0.152. The van der Waals surface area contributed by atoms with Crippen LogP contribution in [-0.2, 0) is 6.54 Å². The quantitative estimate of drug-likeness (QED) is 0.922. The van der Waals surface area contributed by atoms with Crippen LogP contribution in [0, 0.1) is 12.8 Å². The number of aryl methyl sites for hydroxylation is 1. The lowest BCUT2D eigenvalue weighted by molar-refractivity contribution is 0.155. The first-order valence-corrected chi connectivity index (χ1v) is 9.44. The molecule has 0 aliphatic carbocycles. The van der Waals surface area contributed by atoms with E-state index in [-0.39, 0.29) is 6.03 Å². The first kappa shape index (κ1) is 17.3. The van der Waals surface area contributed by atoms with Crippen LogP contribution in [0.3, 0.4) is 0 Å². The number of rotatable bonds is 3. The van der Waals surface area contributed by atoms with Crippen molar-refractivity contribution in [1.29, 1.82) is 0 Å². The average Bonchev–Trinajstić information content (AvgIpc) is 2.59. The number of hydrogen-bond donors (Lipinski definition) is 1. The van der Waals surface area contributed by atoms with Crippen LogP contribution >= 0.6 is 0 Å². The van der Waals surface area contributed by atoms with Crippen LogP contribution in [0.2, 0.25) is 0 Å². The van der Waals surface area contributed by atoms with Gasteiger partial charge in [0.05, 0.1) is 0 Å². The van der Waals surface area contributed by atoms with Crippen molar-refractivity contribution in [3.63, 3.8) is 0 Å². The molecule has 132 valence electrons. The lowest BCUT2D eigenvalue weighted by Crippen LogP contribution is -2.50. The van der Waals surface area contributed by atoms with E-state index in [4.69, 9.17) is 0 Å². The van der Waals surface area contributed by atoms with Gasteiger partial charge in [-0.15, -0.1) is 0 Å². The predicted molar refractivity (Wildman–Crippen MR) is 98.0 cm³/mol. The number of piperidine rings is 2. The van der Waals surface area contributed by atoms with Gasteiger partial charge in [-0.05, 0) is 49.7 Å². The molecule has 4 heteroatoms. The second-order valence-corrected chi connectivity index (χ2v) is 7.60. The Labute approximate surface area is 146 Å². The largest absolute Gasteiger partial charge is 0.335 e. The number of benzene rings is 1. The molecule has 2 saturated heterocycles. The molecule has 2 aliphatic heterocycles. The number of carbonyl (C=O) groups is 1. The standard InChI is InChI=1S/C20H31N3O/c1-16-7-13-23(14-8-16)20(24)21-19-9-11-22(12-10-19)15-18-6-4-3-5-17(18)2/h3-6,16,19H,7-15H2,1-2H3,(H,21,24). The van der Waals surface area contributed by atoms with Crippen molar-refractivity contribution in [2.45, 2.75) is 52.1 Å². The monoisotopic (exact) mass is 329 g/mol. The van der Waals surface area contributed by atoms with Crippen LogP contribution in [0.25, 0.3) is 0 Å². The Morgan fingerprint density at radius 2 is 1.75 bits per heavy atom. The maximum absolute atomic E-state index is 12.4. The van der Waals surface area contributed by atoms with E-state index in [0.29, 0.717) is 6.04 Å². The fourth-order valence-electron chi connectivity index (χ4n) is 3.74. The van der Waals surface area contributed by atoms with Crippen LogP contribution in [0.4, 0.5) is 4.79 Å². The summed E-state index contributed by atoms with van der Waals surface area (Å²) in [5.41, 5.74) is 2.79. The summed E-state index contributed by atoms with van der Waals surface area (Å²) in [6, 6.07) is 9.11. The molecule has 2 fully saturated rings. The maximum atomic E-state index is 12.4. The molecule has 1 N–H and O–H groups in total. The van der Waals surface area contributed by atoms with Gasteiger partial charge in [0.25, 0.3) is 0 Å². The minimum atomic E-state index is 0.152. The van der Waals surface area contributed by atoms with Crippen molar-refractivity contribution in [3.05, 3.63) is 35.4 Å². The topological polar surface area (TPSA) is 35.6 Å². The van der Waals surface area contributed by atoms with Crippen LogP contribution in [-0.4, -0.2) is 48.1 Å². The smallest absolute Gasteiger partial charge is 0.317 e. The van der Waals surface area contributed by atoms with Gasteiger partial charge in [0, 0.05) is 38.8 Å². The van der Waals surface area contributed by atoms with Gasteiger partial charge in [0.2, 0.25) is 0 Å². The van der Waals surface area contributed by atoms with Gasteiger partial charge in [0.15, 0.2) is 0 Å². The van der Waals surface area contributed by atoms with Gasteiger partial charge in [-0.1, -0.05) is 31.2 Å². The Kier molecular flexibility index (Phi) is 5.77. The number of hydrogen-bond acceptors (Lipinski definition) is 2. The summed E-state index contributed by atoms with van der Waals surface area (Å²) in [7, 11) is 0. The lowest BCUT2D eigenvalue weighted by atomic mass is 9.99. The van der Waals surface area contributed by atoms with Gasteiger partial charge in [0.1, 0.15) is 0 Å². The van der Waals surface area contributed by atoms with E-state index in [1.807, 2.05) is 4.90 Å². The second-order valence-electron chi connectivity index (χ2n) is 7.60. The maximum Gasteiger partial charge on any atom is 0.317 e. The molecule has 0 aromatic heterocycles. The van der Waals surface area contributed by atoms with Crippen molar-refractivity contribution < 1.29 is 4.79 Å². The fourth-order valence-corrected chi connectivity index (χ4v) is 3.74. The number of nitrogens with one attached hydrogen (secondary N) is 1. The van der Waals surface area contributed by atoms with Gasteiger partial charge in [-0.3, -0.25) is 4.90 Å². The highest BCUT2D eigenvalue weighted by molar-refractivity contribution is 5.74. The second kappa shape index (κ2) is 8.02. The van der Waals surface area contributed by atoms with Crippen LogP contribution in [0.15, 0.2) is 24.3 Å². The molecule has 4 nitrogen and oxygen atoms in total. The number of amides is 2. The van der Waals surface area contributed by atoms with Gasteiger partial charge < -0.3 is 10.2 Å². The van der Waals surface area contributed by atoms with E-state index in [9.17, 15) is 4.79 Å². The summed E-state index contributed by atoms with van der Waals surface area (Å²) < 4.78 is 0. The molecule has 2 amide bonds. The SMILES string of the molecule is Cc1ccccc1CN1CCC(NC(=O)N2CCC(C)CC2)CC1. The van der Waals surface area contributed by atoms with Crippen molar-refractivity contribution in [2.24, 2.45) is 5.92 Å². The zero-order chi connectivity index (χ0) is 16.9. The Bertz CT molecular complexity index is 544. The molecule has 0 radical (unpaired) electrons. The lowest BCUT2D eigenvalue weighted by Gasteiger charge is -2.35. The summed E-state index contributed by atoms with van der Waals surface area (Å²) in [4.78, 5) is 16.9. The fraction of sp³-hybridized carbons (Fsp3) is 0.650. The highest BCUT2D eigenvalue weighted by Gasteiger charge is 2.25. The van der Waals surface area contributed by atoms with Crippen LogP contribution in [0.1, 0.15) is 43.7 Å². The number of likely N-dealkylation sites (tertiary alicyclic amines) is 2. The number of urea groups is 1. The van der Waals surface area contributed by atoms with E-state index in [0.717, 1.165) is 64.3 Å². The van der Waals surface area contributed by atoms with Crippen molar-refractivity contribution >= 4 is 6.03 Å². The normalized spacial score (nSPS) is 21.0. The van der Waals surface area contributed by atoms with E-state index < -0.39 is 0 Å². The van der Waals surface area contributed by atoms with Crippen molar-refractivity contribution in [1.82, 2.24) is 15.1 Å². The Morgan fingerprint density at radius 1 is 1.08 bits per heavy atom. The van der Waals surface area contributed by atoms with Crippen molar-refractivity contribution in [3.8, 4) is 0 Å². The number of nitrogens with zero attached hydrogens (tertiary/aromatic N) is 2. The Hall–Kier alpha value is -1.55. The highest BCUT2D eigenvalue weighted by Crippen LogP contribution is 2.18. The molecule has 2 heterocycles. The first-order valence-electron chi connectivity index (χ1n) is 9.44. The zero-order valence-electron chi connectivity index (χ0n) is 15.1. The minimum Gasteiger partial charge on any atom is -0.335 e. The van der Waals surface area contributed by atoms with Gasteiger partial charge in [-0.25, -0.2) is 4.79 Å². The van der Waals surface area contributed by atoms with E-state index in [1.54, 1.807) is 0 Å². The van der Waals surface area contributed by atoms with E-state index in [1.165, 1.54) is 11.1 Å². The predicted octanol–water partition coefficient (Wildman–Crippen LogP) is 3.40. The summed E-state index contributed by atoms with van der Waals surface area (Å²) in [6.45, 7) is 9.45. The number of carbonyl (C=O) groups excluding carboxylic acids is 1. The Balaban J connectivity index is 1.42. The molecule has 2 aliphatic rings. The molecule has 0 spiro atoms. The summed E-state index contributed by atoms with van der Waals surface area (Å²) in [6.07, 6.45) is 4.40. The molecule has 1 aromatic rings. The molecule has 0 bridgehead atoms. The molecule has 0 saturated carbocycles. The summed E-state index contributed by atoms with van der Waals surface area (Å²) in [5.74, 6) is 0.763. The molecular weight excluding hydrogens is 298 g/mol. The molecule has 24 heavy (non-hydrogen) atoms. The molecule has 1 aromatic carbocycles. The van der Waals surface area contributed by atoms with Crippen molar-refractivity contribution in [2.75, 3.05) is 26.2 Å². The van der Waals surface area contributed by atoms with E-state index >= 15 is 0 Å². The molecule has 0 unspecified atom stereocenters. The van der Waals surface area contributed by atoms with Gasteiger partial charge in [-0.2, -0.15) is 0 Å². The van der Waals surface area contributed by atoms with Crippen LogP contribution in [0.5, 0.6) is 0 Å². The molecular formula is C20H31N3O. The zero-order valence-corrected chi connectivity index (χ0v) is 15.1. The highest BCUT2D eigenvalue weighted by atomic mass is 16.2. The average molecular weight is 329 g/mol. The molecule has 3 rings (SSSR count). The van der Waals surface area contributed by atoms with E-state index in [2.05, 4.69) is 48.3 Å². The summed E-state index contributed by atoms with van der Waals surface area (Å²) >= 11 is 0. The third-order valence-corrected chi connectivity index (χ3v) is 5.64. The van der Waals surface area contributed by atoms with Gasteiger partial charge >= 0.3 is 6.03 Å². The third-order valence-electron chi connectivity index (χ3n) is 5.64. The Morgan fingerprint density at radius 3 is 2.42 bits per heavy atom. The molecule has 0 atom stereocenters.